The number of anilines is 1. The highest BCUT2D eigenvalue weighted by Gasteiger charge is 1.99. The second kappa shape index (κ2) is 7.64. The zero-order chi connectivity index (χ0) is 15.8. The van der Waals surface area contributed by atoms with E-state index in [1.54, 1.807) is 24.3 Å². The van der Waals surface area contributed by atoms with Crippen LogP contribution in [-0.2, 0) is 11.2 Å². The fraction of sp³-hybridized carbons (Fsp3) is 0.188. The lowest BCUT2D eigenvalue weighted by molar-refractivity contribution is -0.119. The van der Waals surface area contributed by atoms with Crippen molar-refractivity contribution in [2.75, 3.05) is 18.5 Å². The number of carbonyl (C=O) groups excluding carboxylic acids is 1. The third-order valence-corrected chi connectivity index (χ3v) is 2.92. The van der Waals surface area contributed by atoms with E-state index in [1.165, 1.54) is 6.20 Å². The van der Waals surface area contributed by atoms with Crippen molar-refractivity contribution in [1.29, 1.82) is 5.26 Å². The summed E-state index contributed by atoms with van der Waals surface area (Å²) in [5.74, 6) is 0.855. The van der Waals surface area contributed by atoms with Gasteiger partial charge >= 0.3 is 0 Å². The van der Waals surface area contributed by atoms with Crippen LogP contribution in [0.3, 0.4) is 0 Å². The third-order valence-electron chi connectivity index (χ3n) is 2.92. The predicted octanol–water partition coefficient (Wildman–Crippen LogP) is 1.47. The standard InChI is InChI=1S/C16H16N4O2/c17-9-13-3-6-16(20-10-13)19-8-7-12-1-4-14(5-2-12)22-11-15(18)21/h1-6,10H,7-8,11H2,(H2,18,21)(H,19,20). The Morgan fingerprint density at radius 2 is 2.05 bits per heavy atom. The lowest BCUT2D eigenvalue weighted by atomic mass is 10.1. The molecule has 6 heteroatoms. The maximum absolute atomic E-state index is 10.6. The van der Waals surface area contributed by atoms with Crippen molar-refractivity contribution in [1.82, 2.24) is 4.98 Å². The molecule has 1 heterocycles. The first-order valence-corrected chi connectivity index (χ1v) is 6.77. The van der Waals surface area contributed by atoms with Crippen molar-refractivity contribution in [3.63, 3.8) is 0 Å². The van der Waals surface area contributed by atoms with Gasteiger partial charge in [0, 0.05) is 12.7 Å². The molecule has 0 aliphatic carbocycles. The van der Waals surface area contributed by atoms with E-state index in [2.05, 4.69) is 10.3 Å². The van der Waals surface area contributed by atoms with Crippen molar-refractivity contribution >= 4 is 11.7 Å². The Balaban J connectivity index is 1.79. The van der Waals surface area contributed by atoms with E-state index in [1.807, 2.05) is 18.2 Å². The molecule has 2 aromatic rings. The van der Waals surface area contributed by atoms with Gasteiger partial charge in [-0.1, -0.05) is 12.1 Å². The number of hydrogen-bond donors (Lipinski definition) is 2. The number of hydrogen-bond acceptors (Lipinski definition) is 5. The molecule has 0 aliphatic heterocycles. The van der Waals surface area contributed by atoms with E-state index in [4.69, 9.17) is 15.7 Å². The van der Waals surface area contributed by atoms with Crippen LogP contribution < -0.4 is 15.8 Å². The van der Waals surface area contributed by atoms with Crippen LogP contribution in [0.2, 0.25) is 0 Å². The highest BCUT2D eigenvalue weighted by Crippen LogP contribution is 2.12. The largest absolute Gasteiger partial charge is 0.484 e. The lowest BCUT2D eigenvalue weighted by Gasteiger charge is -2.07. The average molecular weight is 296 g/mol. The van der Waals surface area contributed by atoms with Gasteiger partial charge in [0.05, 0.1) is 5.56 Å². The van der Waals surface area contributed by atoms with Gasteiger partial charge in [-0.05, 0) is 36.2 Å². The second-order valence-electron chi connectivity index (χ2n) is 4.62. The summed E-state index contributed by atoms with van der Waals surface area (Å²) in [5.41, 5.74) is 6.68. The summed E-state index contributed by atoms with van der Waals surface area (Å²) in [7, 11) is 0. The Kier molecular flexibility index (Phi) is 5.32. The molecule has 6 nitrogen and oxygen atoms in total. The number of nitrogens with zero attached hydrogens (tertiary/aromatic N) is 2. The zero-order valence-electron chi connectivity index (χ0n) is 12.0. The number of nitriles is 1. The van der Waals surface area contributed by atoms with Gasteiger partial charge in [0.1, 0.15) is 17.6 Å². The Morgan fingerprint density at radius 3 is 2.64 bits per heavy atom. The molecule has 0 saturated carbocycles. The van der Waals surface area contributed by atoms with Gasteiger partial charge in [0.25, 0.3) is 5.91 Å². The number of pyridine rings is 1. The minimum absolute atomic E-state index is 0.120. The number of nitrogens with two attached hydrogens (primary N) is 1. The molecule has 0 unspecified atom stereocenters. The van der Waals surface area contributed by atoms with Crippen LogP contribution in [0.15, 0.2) is 42.6 Å². The van der Waals surface area contributed by atoms with Gasteiger partial charge in [-0.15, -0.1) is 0 Å². The first-order valence-electron chi connectivity index (χ1n) is 6.77. The summed E-state index contributed by atoms with van der Waals surface area (Å²) >= 11 is 0. The van der Waals surface area contributed by atoms with Crippen LogP contribution in [0.25, 0.3) is 0 Å². The zero-order valence-corrected chi connectivity index (χ0v) is 12.0. The Hall–Kier alpha value is -3.07. The van der Waals surface area contributed by atoms with E-state index >= 15 is 0 Å². The number of nitrogens with one attached hydrogen (secondary N) is 1. The summed E-state index contributed by atoms with van der Waals surface area (Å²) < 4.78 is 5.19. The summed E-state index contributed by atoms with van der Waals surface area (Å²) in [6.07, 6.45) is 2.35. The molecule has 0 fully saturated rings. The number of primary amides is 1. The molecule has 0 bridgehead atoms. The molecule has 0 aliphatic rings. The smallest absolute Gasteiger partial charge is 0.255 e. The first kappa shape index (κ1) is 15.3. The molecule has 1 amide bonds. The molecule has 0 atom stereocenters. The number of rotatable bonds is 7. The molecule has 112 valence electrons. The fourth-order valence-electron chi connectivity index (χ4n) is 1.81. The minimum Gasteiger partial charge on any atom is -0.484 e. The van der Waals surface area contributed by atoms with Gasteiger partial charge in [-0.2, -0.15) is 5.26 Å². The maximum atomic E-state index is 10.6. The van der Waals surface area contributed by atoms with Crippen LogP contribution in [0.1, 0.15) is 11.1 Å². The normalized spacial score (nSPS) is 9.77. The van der Waals surface area contributed by atoms with Gasteiger partial charge < -0.3 is 15.8 Å². The van der Waals surface area contributed by atoms with Crippen molar-refractivity contribution in [3.05, 3.63) is 53.7 Å². The van der Waals surface area contributed by atoms with Crippen molar-refractivity contribution in [2.24, 2.45) is 5.73 Å². The monoisotopic (exact) mass is 296 g/mol. The summed E-state index contributed by atoms with van der Waals surface area (Å²) in [4.78, 5) is 14.8. The van der Waals surface area contributed by atoms with Gasteiger partial charge in [0.2, 0.25) is 0 Å². The van der Waals surface area contributed by atoms with Gasteiger partial charge in [-0.25, -0.2) is 4.98 Å². The summed E-state index contributed by atoms with van der Waals surface area (Å²) in [6.45, 7) is 0.603. The summed E-state index contributed by atoms with van der Waals surface area (Å²) in [6, 6.07) is 13.0. The number of benzene rings is 1. The molecule has 0 radical (unpaired) electrons. The van der Waals surface area contributed by atoms with E-state index in [-0.39, 0.29) is 6.61 Å². The predicted molar refractivity (Wildman–Crippen MR) is 82.3 cm³/mol. The number of ether oxygens (including phenoxy) is 1. The Bertz CT molecular complexity index is 660. The highest BCUT2D eigenvalue weighted by molar-refractivity contribution is 5.75. The van der Waals surface area contributed by atoms with E-state index in [9.17, 15) is 4.79 Å². The van der Waals surface area contributed by atoms with Crippen molar-refractivity contribution in [3.8, 4) is 11.8 Å². The van der Waals surface area contributed by atoms with Crippen LogP contribution in [0, 0.1) is 11.3 Å². The molecule has 1 aromatic heterocycles. The molecule has 0 saturated heterocycles. The highest BCUT2D eigenvalue weighted by atomic mass is 16.5. The van der Waals surface area contributed by atoms with E-state index in [0.717, 1.165) is 24.3 Å². The quantitative estimate of drug-likeness (QED) is 0.805. The van der Waals surface area contributed by atoms with Crippen molar-refractivity contribution < 1.29 is 9.53 Å². The Labute approximate surface area is 128 Å². The van der Waals surface area contributed by atoms with Crippen molar-refractivity contribution in [2.45, 2.75) is 6.42 Å². The SMILES string of the molecule is N#Cc1ccc(NCCc2ccc(OCC(N)=O)cc2)nc1. The molecule has 22 heavy (non-hydrogen) atoms. The van der Waals surface area contributed by atoms with Crippen LogP contribution in [-0.4, -0.2) is 24.0 Å². The molecule has 1 aromatic carbocycles. The topological polar surface area (TPSA) is 101 Å². The van der Waals surface area contributed by atoms with Gasteiger partial charge in [-0.3, -0.25) is 4.79 Å². The first-order chi connectivity index (χ1) is 10.7. The number of carbonyl (C=O) groups is 1. The molecule has 2 rings (SSSR count). The van der Waals surface area contributed by atoms with E-state index in [0.29, 0.717) is 11.3 Å². The summed E-state index contributed by atoms with van der Waals surface area (Å²) in [5, 5.41) is 11.9. The fourth-order valence-corrected chi connectivity index (χ4v) is 1.81. The van der Waals surface area contributed by atoms with Crippen LogP contribution in [0.4, 0.5) is 5.82 Å². The van der Waals surface area contributed by atoms with Crippen LogP contribution in [0.5, 0.6) is 5.75 Å². The molecular formula is C16H16N4O2. The molecule has 0 spiro atoms. The lowest BCUT2D eigenvalue weighted by Crippen LogP contribution is -2.19. The second-order valence-corrected chi connectivity index (χ2v) is 4.62. The van der Waals surface area contributed by atoms with E-state index < -0.39 is 5.91 Å². The third kappa shape index (κ3) is 4.80. The number of amides is 1. The molecule has 3 N–H and O–H groups in total. The maximum Gasteiger partial charge on any atom is 0.255 e. The average Bonchev–Trinajstić information content (AvgIpc) is 2.55. The Morgan fingerprint density at radius 1 is 1.27 bits per heavy atom. The number of aromatic nitrogens is 1. The van der Waals surface area contributed by atoms with Gasteiger partial charge in [0.15, 0.2) is 6.61 Å². The molecular weight excluding hydrogens is 280 g/mol. The van der Waals surface area contributed by atoms with Crippen LogP contribution >= 0.6 is 0 Å². The minimum atomic E-state index is -0.497.